The van der Waals surface area contributed by atoms with Crippen molar-refractivity contribution in [1.82, 2.24) is 10.2 Å². The molecule has 0 aromatic heterocycles. The Morgan fingerprint density at radius 1 is 1.06 bits per heavy atom. The van der Waals surface area contributed by atoms with Gasteiger partial charge in [-0.05, 0) is 26.7 Å². The van der Waals surface area contributed by atoms with Gasteiger partial charge in [0.15, 0.2) is 0 Å². The minimum Gasteiger partial charge on any atom is -0.353 e. The van der Waals surface area contributed by atoms with Crippen molar-refractivity contribution < 1.29 is 9.59 Å². The number of nitrogens with zero attached hydrogens (tertiary/aromatic N) is 1. The molecular weight excluding hydrogens is 228 g/mol. The van der Waals surface area contributed by atoms with Gasteiger partial charge >= 0.3 is 0 Å². The summed E-state index contributed by atoms with van der Waals surface area (Å²) < 4.78 is 0. The van der Waals surface area contributed by atoms with Crippen LogP contribution in [0.4, 0.5) is 0 Å². The van der Waals surface area contributed by atoms with Crippen molar-refractivity contribution in [3.8, 4) is 0 Å². The second-order valence-corrected chi connectivity index (χ2v) is 5.00. The summed E-state index contributed by atoms with van der Waals surface area (Å²) in [6.07, 6.45) is 7.04. The third-order valence-electron chi connectivity index (χ3n) is 3.65. The van der Waals surface area contributed by atoms with Gasteiger partial charge in [0.25, 0.3) is 0 Å². The lowest BCUT2D eigenvalue weighted by atomic mass is 10.1. The predicted molar refractivity (Wildman–Crippen MR) is 72.2 cm³/mol. The van der Waals surface area contributed by atoms with Gasteiger partial charge in [0.1, 0.15) is 6.42 Å². The molecule has 0 aromatic rings. The van der Waals surface area contributed by atoms with E-state index in [4.69, 9.17) is 0 Å². The lowest BCUT2D eigenvalue weighted by Gasteiger charge is -2.20. The van der Waals surface area contributed by atoms with Crippen molar-refractivity contribution in [2.45, 2.75) is 64.8 Å². The third kappa shape index (κ3) is 5.07. The van der Waals surface area contributed by atoms with Gasteiger partial charge in [-0.25, -0.2) is 0 Å². The summed E-state index contributed by atoms with van der Waals surface area (Å²) in [5.74, 6) is -0.176. The molecule has 0 unspecified atom stereocenters. The van der Waals surface area contributed by atoms with E-state index in [1.807, 2.05) is 13.8 Å². The quantitative estimate of drug-likeness (QED) is 0.603. The Hall–Kier alpha value is -1.06. The maximum absolute atomic E-state index is 11.8. The maximum Gasteiger partial charge on any atom is 0.231 e. The van der Waals surface area contributed by atoms with Crippen LogP contribution < -0.4 is 5.32 Å². The number of carbonyl (C=O) groups excluding carboxylic acids is 2. The molecule has 0 aliphatic heterocycles. The van der Waals surface area contributed by atoms with Crippen LogP contribution >= 0.6 is 0 Å². The van der Waals surface area contributed by atoms with Gasteiger partial charge in [-0.3, -0.25) is 9.59 Å². The van der Waals surface area contributed by atoms with E-state index in [-0.39, 0.29) is 24.3 Å². The average molecular weight is 254 g/mol. The molecule has 1 aliphatic rings. The van der Waals surface area contributed by atoms with Crippen molar-refractivity contribution >= 4 is 11.8 Å². The Morgan fingerprint density at radius 3 is 2.11 bits per heavy atom. The highest BCUT2D eigenvalue weighted by Crippen LogP contribution is 2.17. The molecular formula is C14H26N2O2. The first-order valence-electron chi connectivity index (χ1n) is 7.24. The molecule has 0 saturated heterocycles. The summed E-state index contributed by atoms with van der Waals surface area (Å²) in [5.41, 5.74) is 0. The van der Waals surface area contributed by atoms with E-state index < -0.39 is 0 Å². The van der Waals surface area contributed by atoms with Crippen LogP contribution in [0.2, 0.25) is 0 Å². The Labute approximate surface area is 110 Å². The molecule has 4 heteroatoms. The summed E-state index contributed by atoms with van der Waals surface area (Å²) in [4.78, 5) is 25.3. The highest BCUT2D eigenvalue weighted by molar-refractivity contribution is 5.96. The summed E-state index contributed by atoms with van der Waals surface area (Å²) >= 11 is 0. The van der Waals surface area contributed by atoms with E-state index >= 15 is 0 Å². The second kappa shape index (κ2) is 8.11. The molecule has 1 aliphatic carbocycles. The van der Waals surface area contributed by atoms with Gasteiger partial charge in [0.05, 0.1) is 0 Å². The number of amides is 2. The first kappa shape index (κ1) is 15.0. The van der Waals surface area contributed by atoms with Crippen LogP contribution in [-0.4, -0.2) is 35.8 Å². The number of hydrogen-bond donors (Lipinski definition) is 1. The summed E-state index contributed by atoms with van der Waals surface area (Å²) in [6.45, 7) is 5.22. The second-order valence-electron chi connectivity index (χ2n) is 5.00. The molecule has 0 heterocycles. The molecule has 1 rings (SSSR count). The Balaban J connectivity index is 2.33. The van der Waals surface area contributed by atoms with Gasteiger partial charge < -0.3 is 10.2 Å². The van der Waals surface area contributed by atoms with E-state index in [1.54, 1.807) is 4.90 Å². The molecule has 104 valence electrons. The molecule has 4 nitrogen and oxygen atoms in total. The highest BCUT2D eigenvalue weighted by Gasteiger charge is 2.18. The fraction of sp³-hybridized carbons (Fsp3) is 0.857. The van der Waals surface area contributed by atoms with Gasteiger partial charge in [0, 0.05) is 19.1 Å². The standard InChI is InChI=1S/C14H26N2O2/c1-3-16(4-2)14(18)11-13(17)15-12-9-7-5-6-8-10-12/h12H,3-11H2,1-2H3,(H,15,17). The van der Waals surface area contributed by atoms with E-state index in [9.17, 15) is 9.59 Å². The largest absolute Gasteiger partial charge is 0.353 e. The predicted octanol–water partition coefficient (Wildman–Crippen LogP) is 2.08. The van der Waals surface area contributed by atoms with Gasteiger partial charge in [0.2, 0.25) is 11.8 Å². The maximum atomic E-state index is 11.8. The summed E-state index contributed by atoms with van der Waals surface area (Å²) in [6, 6.07) is 0.282. The molecule has 0 aromatic carbocycles. The Bertz CT molecular complexity index is 267. The minimum absolute atomic E-state index is 0.00181. The lowest BCUT2D eigenvalue weighted by molar-refractivity contribution is -0.136. The topological polar surface area (TPSA) is 49.4 Å². The van der Waals surface area contributed by atoms with E-state index in [2.05, 4.69) is 5.32 Å². The zero-order chi connectivity index (χ0) is 13.4. The number of rotatable bonds is 5. The number of hydrogen-bond acceptors (Lipinski definition) is 2. The minimum atomic E-state index is -0.112. The Kier molecular flexibility index (Phi) is 6.76. The van der Waals surface area contributed by atoms with Crippen molar-refractivity contribution in [1.29, 1.82) is 0 Å². The molecule has 1 fully saturated rings. The highest BCUT2D eigenvalue weighted by atomic mass is 16.2. The first-order chi connectivity index (χ1) is 8.67. The van der Waals surface area contributed by atoms with Crippen LogP contribution in [0.3, 0.4) is 0 Å². The smallest absolute Gasteiger partial charge is 0.231 e. The fourth-order valence-electron chi connectivity index (χ4n) is 2.53. The SMILES string of the molecule is CCN(CC)C(=O)CC(=O)NC1CCCCCC1. The van der Waals surface area contributed by atoms with Gasteiger partial charge in [-0.1, -0.05) is 25.7 Å². The van der Waals surface area contributed by atoms with Crippen LogP contribution in [-0.2, 0) is 9.59 Å². The summed E-state index contributed by atoms with van der Waals surface area (Å²) in [5, 5.41) is 3.01. The fourth-order valence-corrected chi connectivity index (χ4v) is 2.53. The lowest BCUT2D eigenvalue weighted by Crippen LogP contribution is -2.39. The number of nitrogens with one attached hydrogen (secondary N) is 1. The zero-order valence-electron chi connectivity index (χ0n) is 11.7. The van der Waals surface area contributed by atoms with Crippen molar-refractivity contribution in [2.75, 3.05) is 13.1 Å². The Morgan fingerprint density at radius 2 is 1.61 bits per heavy atom. The third-order valence-corrected chi connectivity index (χ3v) is 3.65. The van der Waals surface area contributed by atoms with Crippen LogP contribution in [0.25, 0.3) is 0 Å². The van der Waals surface area contributed by atoms with Gasteiger partial charge in [-0.2, -0.15) is 0 Å². The summed E-state index contributed by atoms with van der Waals surface area (Å²) in [7, 11) is 0. The van der Waals surface area contributed by atoms with Crippen LogP contribution in [0.1, 0.15) is 58.8 Å². The van der Waals surface area contributed by atoms with Crippen LogP contribution in [0, 0.1) is 0 Å². The van der Waals surface area contributed by atoms with Crippen molar-refractivity contribution in [2.24, 2.45) is 0 Å². The molecule has 18 heavy (non-hydrogen) atoms. The van der Waals surface area contributed by atoms with E-state index in [0.29, 0.717) is 13.1 Å². The molecule has 0 spiro atoms. The monoisotopic (exact) mass is 254 g/mol. The van der Waals surface area contributed by atoms with Crippen LogP contribution in [0.5, 0.6) is 0 Å². The van der Waals surface area contributed by atoms with Crippen LogP contribution in [0.15, 0.2) is 0 Å². The van der Waals surface area contributed by atoms with E-state index in [1.165, 1.54) is 25.7 Å². The molecule has 0 bridgehead atoms. The van der Waals surface area contributed by atoms with Gasteiger partial charge in [-0.15, -0.1) is 0 Å². The molecule has 2 amide bonds. The first-order valence-corrected chi connectivity index (χ1v) is 7.24. The zero-order valence-corrected chi connectivity index (χ0v) is 11.7. The normalized spacial score (nSPS) is 17.0. The molecule has 1 saturated carbocycles. The average Bonchev–Trinajstić information content (AvgIpc) is 2.59. The molecule has 1 N–H and O–H groups in total. The number of carbonyl (C=O) groups is 2. The van der Waals surface area contributed by atoms with E-state index in [0.717, 1.165) is 12.8 Å². The molecule has 0 atom stereocenters. The van der Waals surface area contributed by atoms with Crippen molar-refractivity contribution in [3.63, 3.8) is 0 Å². The van der Waals surface area contributed by atoms with Crippen molar-refractivity contribution in [3.05, 3.63) is 0 Å². The molecule has 0 radical (unpaired) electrons.